The summed E-state index contributed by atoms with van der Waals surface area (Å²) in [6.45, 7) is 3.59. The van der Waals surface area contributed by atoms with Crippen LogP contribution in [0.15, 0.2) is 0 Å². The molecule has 0 aromatic rings. The fourth-order valence-corrected chi connectivity index (χ4v) is 0. The molecular formula is C3H8ClSi. The Labute approximate surface area is 40.9 Å². The molecular weight excluding hydrogens is 99.6 g/mol. The van der Waals surface area contributed by atoms with Crippen LogP contribution in [0.25, 0.3) is 0 Å². The molecule has 0 aliphatic heterocycles. The van der Waals surface area contributed by atoms with Gasteiger partial charge >= 0.3 is 0 Å². The Morgan fingerprint density at radius 1 is 2.00 bits per heavy atom. The average Bonchev–Trinajstić information content (AvgIpc) is 1.38. The molecule has 0 amide bonds. The number of rotatable bonds is 1. The molecule has 0 aliphatic carbocycles. The quantitative estimate of drug-likeness (QED) is 0.331. The second-order valence-electron chi connectivity index (χ2n) is 1.07. The van der Waals surface area contributed by atoms with E-state index in [-0.39, 0.29) is 0 Å². The van der Waals surface area contributed by atoms with E-state index in [1.165, 1.54) is 0 Å². The van der Waals surface area contributed by atoms with E-state index in [1.807, 2.05) is 0 Å². The molecule has 5 heavy (non-hydrogen) atoms. The smallest absolute Gasteiger partial charge is 0.0254 e. The molecule has 0 N–H and O–H groups in total. The summed E-state index contributed by atoms with van der Waals surface area (Å²) >= 11 is 5.46. The highest BCUT2D eigenvalue weighted by atomic mass is 35.5. The summed E-state index contributed by atoms with van der Waals surface area (Å²) in [5.74, 6) is 0. The van der Waals surface area contributed by atoms with E-state index in [9.17, 15) is 0 Å². The van der Waals surface area contributed by atoms with Crippen molar-refractivity contribution in [3.8, 4) is 0 Å². The van der Waals surface area contributed by atoms with Crippen molar-refractivity contribution in [2.24, 2.45) is 0 Å². The summed E-state index contributed by atoms with van der Waals surface area (Å²) < 4.78 is 0. The zero-order valence-electron chi connectivity index (χ0n) is 3.37. The van der Waals surface area contributed by atoms with E-state index in [0.717, 1.165) is 16.7 Å². The van der Waals surface area contributed by atoms with Gasteiger partial charge in [0.05, 0.1) is 0 Å². The standard InChI is InChI=1S/C3H8ClSi/c1-2-3(4)5/h3H,1-2H2,5H3. The second-order valence-corrected chi connectivity index (χ2v) is 3.94. The van der Waals surface area contributed by atoms with E-state index in [4.69, 9.17) is 11.6 Å². The molecule has 2 heteroatoms. The first kappa shape index (κ1) is 5.51. The molecule has 1 radical (unpaired) electrons. The number of hydrogen-bond acceptors (Lipinski definition) is 0. The zero-order valence-corrected chi connectivity index (χ0v) is 6.13. The number of halogens is 1. The third kappa shape index (κ3) is 4.51. The summed E-state index contributed by atoms with van der Waals surface area (Å²) in [5.41, 5.74) is 0. The van der Waals surface area contributed by atoms with E-state index >= 15 is 0 Å². The van der Waals surface area contributed by atoms with Gasteiger partial charge in [-0.3, -0.25) is 0 Å². The van der Waals surface area contributed by atoms with Crippen LogP contribution in [-0.2, 0) is 0 Å². The van der Waals surface area contributed by atoms with E-state index in [2.05, 4.69) is 6.92 Å². The van der Waals surface area contributed by atoms with Crippen molar-refractivity contribution >= 4 is 21.8 Å². The van der Waals surface area contributed by atoms with Gasteiger partial charge in [0.1, 0.15) is 0 Å². The lowest BCUT2D eigenvalue weighted by Gasteiger charge is -1.87. The van der Waals surface area contributed by atoms with Crippen LogP contribution in [0.4, 0.5) is 0 Å². The van der Waals surface area contributed by atoms with Gasteiger partial charge in [0.25, 0.3) is 0 Å². The van der Waals surface area contributed by atoms with Gasteiger partial charge in [0.15, 0.2) is 0 Å². The van der Waals surface area contributed by atoms with Crippen molar-refractivity contribution in [2.75, 3.05) is 0 Å². The van der Waals surface area contributed by atoms with Crippen LogP contribution in [0.3, 0.4) is 0 Å². The molecule has 0 aliphatic rings. The summed E-state index contributed by atoms with van der Waals surface area (Å²) in [6, 6.07) is 0. The van der Waals surface area contributed by atoms with Gasteiger partial charge < -0.3 is 0 Å². The number of alkyl halides is 1. The monoisotopic (exact) mass is 107 g/mol. The van der Waals surface area contributed by atoms with Crippen LogP contribution in [0.2, 0.25) is 0 Å². The normalized spacial score (nSPS) is 15.6. The number of hydrogen-bond donors (Lipinski definition) is 0. The lowest BCUT2D eigenvalue weighted by molar-refractivity contribution is 1.15. The highest BCUT2D eigenvalue weighted by Gasteiger charge is 1.83. The minimum Gasteiger partial charge on any atom is -0.128 e. The third-order valence-corrected chi connectivity index (χ3v) is 1.19. The Morgan fingerprint density at radius 2 is 2.20 bits per heavy atom. The SMILES string of the molecule is [CH2]CC([SiH3])Cl. The maximum absolute atomic E-state index is 5.46. The van der Waals surface area contributed by atoms with Crippen molar-refractivity contribution in [1.29, 1.82) is 0 Å². The van der Waals surface area contributed by atoms with Crippen LogP contribution in [-0.4, -0.2) is 15.2 Å². The molecule has 0 spiro atoms. The molecule has 0 rings (SSSR count). The van der Waals surface area contributed by atoms with Crippen LogP contribution in [0.5, 0.6) is 0 Å². The second kappa shape index (κ2) is 2.73. The fourth-order valence-electron chi connectivity index (χ4n) is 0. The largest absolute Gasteiger partial charge is 0.128 e. The van der Waals surface area contributed by atoms with Gasteiger partial charge in [-0.05, 0) is 6.42 Å². The molecule has 0 fully saturated rings. The van der Waals surface area contributed by atoms with Crippen LogP contribution >= 0.6 is 11.6 Å². The van der Waals surface area contributed by atoms with Gasteiger partial charge in [-0.1, -0.05) is 6.92 Å². The maximum atomic E-state index is 5.46. The molecule has 0 saturated carbocycles. The Morgan fingerprint density at radius 3 is 2.20 bits per heavy atom. The molecule has 0 aromatic carbocycles. The van der Waals surface area contributed by atoms with E-state index in [1.54, 1.807) is 0 Å². The van der Waals surface area contributed by atoms with Crippen molar-refractivity contribution in [1.82, 2.24) is 0 Å². The van der Waals surface area contributed by atoms with E-state index < -0.39 is 0 Å². The average molecular weight is 108 g/mol. The lowest BCUT2D eigenvalue weighted by atomic mass is 10.6. The Bertz CT molecular complexity index is 20.9. The summed E-state index contributed by atoms with van der Waals surface area (Å²) in [5, 5.41) is 0.384. The Hall–Kier alpha value is 0.507. The topological polar surface area (TPSA) is 0 Å². The van der Waals surface area contributed by atoms with Gasteiger partial charge in [0.2, 0.25) is 0 Å². The third-order valence-electron chi connectivity index (χ3n) is 0.398. The van der Waals surface area contributed by atoms with Gasteiger partial charge in [-0.25, -0.2) is 0 Å². The Kier molecular flexibility index (Phi) is 3.01. The summed E-state index contributed by atoms with van der Waals surface area (Å²) in [6.07, 6.45) is 0.883. The first-order valence-corrected chi connectivity index (χ1v) is 3.29. The highest BCUT2D eigenvalue weighted by molar-refractivity contribution is 6.40. The van der Waals surface area contributed by atoms with Crippen LogP contribution < -0.4 is 0 Å². The van der Waals surface area contributed by atoms with Gasteiger partial charge in [0, 0.05) is 15.2 Å². The highest BCUT2D eigenvalue weighted by Crippen LogP contribution is 1.90. The summed E-state index contributed by atoms with van der Waals surface area (Å²) in [4.78, 5) is 0. The minimum absolute atomic E-state index is 0.384. The lowest BCUT2D eigenvalue weighted by Crippen LogP contribution is -1.90. The van der Waals surface area contributed by atoms with Crippen molar-refractivity contribution < 1.29 is 0 Å². The molecule has 0 heterocycles. The zero-order chi connectivity index (χ0) is 4.28. The van der Waals surface area contributed by atoms with Crippen molar-refractivity contribution in [3.05, 3.63) is 6.92 Å². The molecule has 0 aromatic heterocycles. The first-order valence-electron chi connectivity index (χ1n) is 1.70. The molecule has 1 atom stereocenters. The predicted octanol–water partition coefficient (Wildman–Crippen LogP) is 0.141. The van der Waals surface area contributed by atoms with Crippen molar-refractivity contribution in [3.63, 3.8) is 0 Å². The predicted molar refractivity (Wildman–Crippen MR) is 29.6 cm³/mol. The van der Waals surface area contributed by atoms with Crippen LogP contribution in [0.1, 0.15) is 6.42 Å². The first-order chi connectivity index (χ1) is 2.27. The molecule has 1 unspecified atom stereocenters. The van der Waals surface area contributed by atoms with Crippen LogP contribution in [0, 0.1) is 6.92 Å². The van der Waals surface area contributed by atoms with E-state index in [0.29, 0.717) is 5.00 Å². The molecule has 0 bridgehead atoms. The van der Waals surface area contributed by atoms with Gasteiger partial charge in [-0.15, -0.1) is 11.6 Å². The fraction of sp³-hybridized carbons (Fsp3) is 0.667. The maximum Gasteiger partial charge on any atom is 0.0254 e. The molecule has 31 valence electrons. The summed E-state index contributed by atoms with van der Waals surface area (Å²) in [7, 11) is 1.07. The van der Waals surface area contributed by atoms with Gasteiger partial charge in [-0.2, -0.15) is 0 Å². The molecule has 0 saturated heterocycles. The minimum atomic E-state index is 0.384. The Balaban J connectivity index is 2.54. The molecule has 0 nitrogen and oxygen atoms in total. The van der Waals surface area contributed by atoms with Crippen molar-refractivity contribution in [2.45, 2.75) is 11.4 Å².